The third-order valence-corrected chi connectivity index (χ3v) is 3.77. The van der Waals surface area contributed by atoms with Crippen molar-refractivity contribution in [1.29, 1.82) is 0 Å². The molecule has 0 radical (unpaired) electrons. The van der Waals surface area contributed by atoms with Crippen LogP contribution in [0.5, 0.6) is 0 Å². The van der Waals surface area contributed by atoms with Crippen LogP contribution in [0.25, 0.3) is 6.08 Å². The SMILES string of the molecule is CCN(CC)c1ccc(NC(=O)C=Cc2cccc([N+](=O)[O-])c2)cc1. The summed E-state index contributed by atoms with van der Waals surface area (Å²) in [7, 11) is 0. The van der Waals surface area contributed by atoms with Crippen LogP contribution in [0.3, 0.4) is 0 Å². The normalized spacial score (nSPS) is 10.6. The van der Waals surface area contributed by atoms with Crippen LogP contribution in [-0.4, -0.2) is 23.9 Å². The smallest absolute Gasteiger partial charge is 0.270 e. The lowest BCUT2D eigenvalue weighted by Gasteiger charge is -2.21. The Balaban J connectivity index is 2.00. The zero-order chi connectivity index (χ0) is 18.2. The zero-order valence-electron chi connectivity index (χ0n) is 14.3. The molecular formula is C19H21N3O3. The van der Waals surface area contributed by atoms with Crippen LogP contribution in [0.1, 0.15) is 19.4 Å². The van der Waals surface area contributed by atoms with Gasteiger partial charge in [-0.3, -0.25) is 14.9 Å². The lowest BCUT2D eigenvalue weighted by molar-refractivity contribution is -0.384. The molecule has 2 aromatic rings. The number of benzene rings is 2. The maximum absolute atomic E-state index is 12.0. The quantitative estimate of drug-likeness (QED) is 0.468. The number of anilines is 2. The number of nitro groups is 1. The van der Waals surface area contributed by atoms with Crippen LogP contribution >= 0.6 is 0 Å². The second-order valence-corrected chi connectivity index (χ2v) is 5.39. The van der Waals surface area contributed by atoms with Gasteiger partial charge in [-0.05, 0) is 49.8 Å². The van der Waals surface area contributed by atoms with Gasteiger partial charge in [-0.1, -0.05) is 12.1 Å². The number of non-ortho nitro benzene ring substituents is 1. The molecule has 0 unspecified atom stereocenters. The van der Waals surface area contributed by atoms with E-state index in [0.29, 0.717) is 11.3 Å². The van der Waals surface area contributed by atoms with Crippen LogP contribution < -0.4 is 10.2 Å². The van der Waals surface area contributed by atoms with Crippen LogP contribution in [0, 0.1) is 10.1 Å². The molecule has 0 bridgehead atoms. The Morgan fingerprint density at radius 2 is 1.84 bits per heavy atom. The molecule has 130 valence electrons. The summed E-state index contributed by atoms with van der Waals surface area (Å²) < 4.78 is 0. The first kappa shape index (κ1) is 18.2. The molecular weight excluding hydrogens is 318 g/mol. The molecule has 1 amide bonds. The molecule has 0 heterocycles. The van der Waals surface area contributed by atoms with Crippen molar-refractivity contribution < 1.29 is 9.72 Å². The molecule has 0 saturated carbocycles. The number of carbonyl (C=O) groups is 1. The van der Waals surface area contributed by atoms with Gasteiger partial charge in [0.1, 0.15) is 0 Å². The number of carbonyl (C=O) groups excluding carboxylic acids is 1. The van der Waals surface area contributed by atoms with Crippen LogP contribution in [-0.2, 0) is 4.79 Å². The second kappa shape index (κ2) is 8.63. The van der Waals surface area contributed by atoms with Crippen molar-refractivity contribution in [3.8, 4) is 0 Å². The fourth-order valence-electron chi connectivity index (χ4n) is 2.44. The molecule has 2 rings (SSSR count). The van der Waals surface area contributed by atoms with E-state index in [1.54, 1.807) is 18.2 Å². The van der Waals surface area contributed by atoms with E-state index in [-0.39, 0.29) is 11.6 Å². The van der Waals surface area contributed by atoms with Crippen molar-refractivity contribution in [2.24, 2.45) is 0 Å². The van der Waals surface area contributed by atoms with E-state index >= 15 is 0 Å². The Morgan fingerprint density at radius 3 is 2.44 bits per heavy atom. The van der Waals surface area contributed by atoms with Crippen LogP contribution in [0.2, 0.25) is 0 Å². The molecule has 0 fully saturated rings. The van der Waals surface area contributed by atoms with Gasteiger partial charge in [0.2, 0.25) is 5.91 Å². The van der Waals surface area contributed by atoms with Gasteiger partial charge in [0.25, 0.3) is 5.69 Å². The van der Waals surface area contributed by atoms with E-state index in [9.17, 15) is 14.9 Å². The van der Waals surface area contributed by atoms with E-state index in [4.69, 9.17) is 0 Å². The summed E-state index contributed by atoms with van der Waals surface area (Å²) in [5, 5.41) is 13.5. The van der Waals surface area contributed by atoms with Crippen LogP contribution in [0.4, 0.5) is 17.1 Å². The van der Waals surface area contributed by atoms with Gasteiger partial charge in [0, 0.05) is 42.7 Å². The van der Waals surface area contributed by atoms with Crippen molar-refractivity contribution in [2.75, 3.05) is 23.3 Å². The minimum atomic E-state index is -0.463. The minimum absolute atomic E-state index is 0.00505. The van der Waals surface area contributed by atoms with Crippen molar-refractivity contribution >= 4 is 29.0 Å². The fourth-order valence-corrected chi connectivity index (χ4v) is 2.44. The number of hydrogen-bond donors (Lipinski definition) is 1. The van der Waals surface area contributed by atoms with Gasteiger partial charge in [-0.25, -0.2) is 0 Å². The number of nitrogens with one attached hydrogen (secondary N) is 1. The van der Waals surface area contributed by atoms with Crippen molar-refractivity contribution in [2.45, 2.75) is 13.8 Å². The monoisotopic (exact) mass is 339 g/mol. The summed E-state index contributed by atoms with van der Waals surface area (Å²) in [5.74, 6) is -0.290. The fraction of sp³-hybridized carbons (Fsp3) is 0.211. The molecule has 0 aliphatic heterocycles. The summed E-state index contributed by atoms with van der Waals surface area (Å²) in [4.78, 5) is 24.5. The first-order valence-corrected chi connectivity index (χ1v) is 8.12. The van der Waals surface area contributed by atoms with Gasteiger partial charge in [0.05, 0.1) is 4.92 Å². The number of hydrogen-bond acceptors (Lipinski definition) is 4. The topological polar surface area (TPSA) is 75.5 Å². The summed E-state index contributed by atoms with van der Waals surface area (Å²) in [5.41, 5.74) is 2.40. The van der Waals surface area contributed by atoms with E-state index in [1.807, 2.05) is 24.3 Å². The first-order valence-electron chi connectivity index (χ1n) is 8.12. The molecule has 1 N–H and O–H groups in total. The Kier molecular flexibility index (Phi) is 6.28. The first-order chi connectivity index (χ1) is 12.0. The maximum Gasteiger partial charge on any atom is 0.270 e. The summed E-state index contributed by atoms with van der Waals surface area (Å²) in [6.45, 7) is 6.04. The van der Waals surface area contributed by atoms with E-state index in [2.05, 4.69) is 24.1 Å². The van der Waals surface area contributed by atoms with E-state index in [0.717, 1.165) is 18.8 Å². The highest BCUT2D eigenvalue weighted by atomic mass is 16.6. The number of rotatable bonds is 7. The third kappa shape index (κ3) is 5.17. The average molecular weight is 339 g/mol. The standard InChI is InChI=1S/C19H21N3O3/c1-3-21(4-2)17-11-9-16(10-12-17)20-19(23)13-8-15-6-5-7-18(14-15)22(24)25/h5-14H,3-4H2,1-2H3,(H,20,23). The highest BCUT2D eigenvalue weighted by Crippen LogP contribution is 2.18. The molecule has 0 atom stereocenters. The second-order valence-electron chi connectivity index (χ2n) is 5.39. The predicted octanol–water partition coefficient (Wildman–Crippen LogP) is 4.09. The zero-order valence-corrected chi connectivity index (χ0v) is 14.3. The molecule has 0 aliphatic rings. The molecule has 0 aromatic heterocycles. The highest BCUT2D eigenvalue weighted by molar-refractivity contribution is 6.02. The van der Waals surface area contributed by atoms with Crippen LogP contribution in [0.15, 0.2) is 54.6 Å². The molecule has 25 heavy (non-hydrogen) atoms. The molecule has 0 aliphatic carbocycles. The van der Waals surface area contributed by atoms with Gasteiger partial charge in [-0.2, -0.15) is 0 Å². The summed E-state index contributed by atoms with van der Waals surface area (Å²) >= 11 is 0. The number of nitrogens with zero attached hydrogens (tertiary/aromatic N) is 2. The van der Waals surface area contributed by atoms with Gasteiger partial charge < -0.3 is 10.2 Å². The molecule has 2 aromatic carbocycles. The molecule has 6 heteroatoms. The molecule has 0 spiro atoms. The molecule has 0 saturated heterocycles. The van der Waals surface area contributed by atoms with Gasteiger partial charge >= 0.3 is 0 Å². The average Bonchev–Trinajstić information content (AvgIpc) is 2.62. The van der Waals surface area contributed by atoms with Gasteiger partial charge in [0.15, 0.2) is 0 Å². The van der Waals surface area contributed by atoms with Gasteiger partial charge in [-0.15, -0.1) is 0 Å². The predicted molar refractivity (Wildman–Crippen MR) is 101 cm³/mol. The van der Waals surface area contributed by atoms with E-state index in [1.165, 1.54) is 18.2 Å². The third-order valence-electron chi connectivity index (χ3n) is 3.77. The molecule has 6 nitrogen and oxygen atoms in total. The number of amides is 1. The summed E-state index contributed by atoms with van der Waals surface area (Å²) in [6.07, 6.45) is 2.91. The maximum atomic E-state index is 12.0. The minimum Gasteiger partial charge on any atom is -0.372 e. The Labute approximate surface area is 146 Å². The lowest BCUT2D eigenvalue weighted by Crippen LogP contribution is -2.21. The number of nitro benzene ring substituents is 1. The largest absolute Gasteiger partial charge is 0.372 e. The Hall–Kier alpha value is -3.15. The highest BCUT2D eigenvalue weighted by Gasteiger charge is 2.05. The Morgan fingerprint density at radius 1 is 1.16 bits per heavy atom. The van der Waals surface area contributed by atoms with Crippen molar-refractivity contribution in [3.05, 3.63) is 70.3 Å². The summed E-state index contributed by atoms with van der Waals surface area (Å²) in [6, 6.07) is 13.8. The van der Waals surface area contributed by atoms with Crippen molar-refractivity contribution in [3.63, 3.8) is 0 Å². The lowest BCUT2D eigenvalue weighted by atomic mass is 10.2. The van der Waals surface area contributed by atoms with E-state index < -0.39 is 4.92 Å². The van der Waals surface area contributed by atoms with Crippen molar-refractivity contribution in [1.82, 2.24) is 0 Å². The Bertz CT molecular complexity index is 766.